The molecule has 1 aliphatic heterocycles. The maximum atomic E-state index is 11.8. The van der Waals surface area contributed by atoms with Gasteiger partial charge in [-0.25, -0.2) is 4.79 Å². The Balaban J connectivity index is 1.73. The molecular weight excluding hydrogens is 238 g/mol. The number of benzene rings is 1. The van der Waals surface area contributed by atoms with Crippen LogP contribution in [-0.2, 0) is 6.54 Å². The summed E-state index contributed by atoms with van der Waals surface area (Å²) in [5, 5.41) is 5.97. The summed E-state index contributed by atoms with van der Waals surface area (Å²) in [5.74, 6) is 0. The summed E-state index contributed by atoms with van der Waals surface area (Å²) in [5.41, 5.74) is 1.12. The molecule has 0 bridgehead atoms. The van der Waals surface area contributed by atoms with E-state index in [2.05, 4.69) is 29.5 Å². The highest BCUT2D eigenvalue weighted by atomic mass is 16.2. The molecular formula is C15H23N3O. The summed E-state index contributed by atoms with van der Waals surface area (Å²) in [6.45, 7) is 3.83. The van der Waals surface area contributed by atoms with E-state index in [1.807, 2.05) is 30.3 Å². The Morgan fingerprint density at radius 2 is 2.11 bits per heavy atom. The summed E-state index contributed by atoms with van der Waals surface area (Å²) in [6, 6.07) is 10.7. The van der Waals surface area contributed by atoms with Crippen LogP contribution >= 0.6 is 0 Å². The smallest absolute Gasteiger partial charge is 0.315 e. The van der Waals surface area contributed by atoms with Crippen LogP contribution in [0.1, 0.15) is 25.3 Å². The van der Waals surface area contributed by atoms with Crippen molar-refractivity contribution in [3.63, 3.8) is 0 Å². The number of hydrogen-bond donors (Lipinski definition) is 2. The Bertz CT molecular complexity index is 407. The molecule has 0 aliphatic carbocycles. The number of urea groups is 1. The number of likely N-dealkylation sites (tertiary alicyclic amines) is 1. The predicted molar refractivity (Wildman–Crippen MR) is 76.9 cm³/mol. The number of piperidine rings is 1. The van der Waals surface area contributed by atoms with Crippen molar-refractivity contribution in [3.05, 3.63) is 35.9 Å². The summed E-state index contributed by atoms with van der Waals surface area (Å²) in [7, 11) is 2.14. The van der Waals surface area contributed by atoms with Gasteiger partial charge in [-0.15, -0.1) is 0 Å². The van der Waals surface area contributed by atoms with Crippen molar-refractivity contribution in [2.24, 2.45) is 0 Å². The molecule has 2 amide bonds. The fraction of sp³-hybridized carbons (Fsp3) is 0.533. The molecule has 1 saturated heterocycles. The second-order valence-electron chi connectivity index (χ2n) is 5.36. The summed E-state index contributed by atoms with van der Waals surface area (Å²) in [6.07, 6.45) is 2.05. The average molecular weight is 261 g/mol. The second-order valence-corrected chi connectivity index (χ2v) is 5.36. The third-order valence-electron chi connectivity index (χ3n) is 3.84. The molecule has 1 heterocycles. The Morgan fingerprint density at radius 1 is 1.37 bits per heavy atom. The standard InChI is InChI=1S/C15H23N3O/c1-12-10-14(8-9-18(12)2)17-15(19)16-11-13-6-4-3-5-7-13/h3-7,12,14H,8-11H2,1-2H3,(H2,16,17,19). The minimum Gasteiger partial charge on any atom is -0.335 e. The summed E-state index contributed by atoms with van der Waals surface area (Å²) < 4.78 is 0. The van der Waals surface area contributed by atoms with Crippen molar-refractivity contribution < 1.29 is 4.79 Å². The molecule has 1 aromatic carbocycles. The molecule has 19 heavy (non-hydrogen) atoms. The maximum absolute atomic E-state index is 11.8. The number of amides is 2. The molecule has 1 aliphatic rings. The Morgan fingerprint density at radius 3 is 2.79 bits per heavy atom. The molecule has 0 radical (unpaired) electrons. The molecule has 1 fully saturated rings. The van der Waals surface area contributed by atoms with Gasteiger partial charge in [-0.05, 0) is 32.4 Å². The maximum Gasteiger partial charge on any atom is 0.315 e. The third-order valence-corrected chi connectivity index (χ3v) is 3.84. The van der Waals surface area contributed by atoms with E-state index >= 15 is 0 Å². The molecule has 2 N–H and O–H groups in total. The van der Waals surface area contributed by atoms with Gasteiger partial charge in [0.25, 0.3) is 0 Å². The lowest BCUT2D eigenvalue weighted by Crippen LogP contribution is -2.49. The Hall–Kier alpha value is -1.55. The zero-order valence-corrected chi connectivity index (χ0v) is 11.7. The van der Waals surface area contributed by atoms with Gasteiger partial charge in [-0.1, -0.05) is 30.3 Å². The number of rotatable bonds is 3. The lowest BCUT2D eigenvalue weighted by molar-refractivity contribution is 0.167. The van der Waals surface area contributed by atoms with Crippen LogP contribution in [0.25, 0.3) is 0 Å². The van der Waals surface area contributed by atoms with Gasteiger partial charge < -0.3 is 15.5 Å². The highest BCUT2D eigenvalue weighted by Gasteiger charge is 2.23. The molecule has 0 aromatic heterocycles. The van der Waals surface area contributed by atoms with E-state index in [0.717, 1.165) is 24.9 Å². The van der Waals surface area contributed by atoms with E-state index in [9.17, 15) is 4.79 Å². The molecule has 0 saturated carbocycles. The number of hydrogen-bond acceptors (Lipinski definition) is 2. The first-order valence-electron chi connectivity index (χ1n) is 6.93. The summed E-state index contributed by atoms with van der Waals surface area (Å²) in [4.78, 5) is 14.2. The van der Waals surface area contributed by atoms with Crippen molar-refractivity contribution in [2.45, 2.75) is 38.4 Å². The first-order chi connectivity index (χ1) is 9.15. The summed E-state index contributed by atoms with van der Waals surface area (Å²) >= 11 is 0. The molecule has 2 unspecified atom stereocenters. The number of carbonyl (C=O) groups excluding carboxylic acids is 1. The predicted octanol–water partition coefficient (Wildman–Crippen LogP) is 1.97. The van der Waals surface area contributed by atoms with Crippen LogP contribution < -0.4 is 10.6 Å². The molecule has 2 rings (SSSR count). The van der Waals surface area contributed by atoms with Crippen molar-refractivity contribution in [1.82, 2.24) is 15.5 Å². The van der Waals surface area contributed by atoms with Gasteiger partial charge in [0.15, 0.2) is 0 Å². The van der Waals surface area contributed by atoms with Crippen LogP contribution in [-0.4, -0.2) is 36.6 Å². The van der Waals surface area contributed by atoms with Crippen molar-refractivity contribution >= 4 is 6.03 Å². The van der Waals surface area contributed by atoms with E-state index < -0.39 is 0 Å². The van der Waals surface area contributed by atoms with Gasteiger partial charge in [0.2, 0.25) is 0 Å². The third kappa shape index (κ3) is 4.24. The number of nitrogens with zero attached hydrogens (tertiary/aromatic N) is 1. The number of nitrogens with one attached hydrogen (secondary N) is 2. The van der Waals surface area contributed by atoms with Crippen molar-refractivity contribution in [1.29, 1.82) is 0 Å². The fourth-order valence-electron chi connectivity index (χ4n) is 2.44. The highest BCUT2D eigenvalue weighted by Crippen LogP contribution is 2.14. The van der Waals surface area contributed by atoms with Gasteiger partial charge in [0.05, 0.1) is 0 Å². The topological polar surface area (TPSA) is 44.4 Å². The van der Waals surface area contributed by atoms with Crippen molar-refractivity contribution in [3.8, 4) is 0 Å². The fourth-order valence-corrected chi connectivity index (χ4v) is 2.44. The van der Waals surface area contributed by atoms with Crippen LogP contribution in [0.15, 0.2) is 30.3 Å². The average Bonchev–Trinajstić information content (AvgIpc) is 2.42. The molecule has 4 nitrogen and oxygen atoms in total. The normalized spacial score (nSPS) is 23.9. The van der Waals surface area contributed by atoms with Crippen LogP contribution in [0.3, 0.4) is 0 Å². The SMILES string of the molecule is CC1CC(NC(=O)NCc2ccccc2)CCN1C. The first kappa shape index (κ1) is 13.9. The minimum atomic E-state index is -0.0643. The molecule has 0 spiro atoms. The molecule has 4 heteroatoms. The van der Waals surface area contributed by atoms with Crippen molar-refractivity contribution in [2.75, 3.05) is 13.6 Å². The van der Waals surface area contributed by atoms with Crippen LogP contribution in [0, 0.1) is 0 Å². The Labute approximate surface area is 115 Å². The lowest BCUT2D eigenvalue weighted by Gasteiger charge is -2.35. The van der Waals surface area contributed by atoms with Gasteiger partial charge >= 0.3 is 6.03 Å². The minimum absolute atomic E-state index is 0.0643. The largest absolute Gasteiger partial charge is 0.335 e. The van der Waals surface area contributed by atoms with Crippen LogP contribution in [0.5, 0.6) is 0 Å². The first-order valence-corrected chi connectivity index (χ1v) is 6.93. The van der Waals surface area contributed by atoms with Gasteiger partial charge in [-0.2, -0.15) is 0 Å². The highest BCUT2D eigenvalue weighted by molar-refractivity contribution is 5.74. The van der Waals surface area contributed by atoms with Gasteiger partial charge in [0.1, 0.15) is 0 Å². The van der Waals surface area contributed by atoms with E-state index in [4.69, 9.17) is 0 Å². The lowest BCUT2D eigenvalue weighted by atomic mass is 9.99. The monoisotopic (exact) mass is 261 g/mol. The molecule has 104 valence electrons. The number of carbonyl (C=O) groups is 1. The second kappa shape index (κ2) is 6.57. The van der Waals surface area contributed by atoms with Crippen LogP contribution in [0.4, 0.5) is 4.79 Å². The van der Waals surface area contributed by atoms with E-state index in [1.165, 1.54) is 0 Å². The van der Waals surface area contributed by atoms with Gasteiger partial charge in [0, 0.05) is 25.2 Å². The molecule has 1 aromatic rings. The van der Waals surface area contributed by atoms with E-state index in [0.29, 0.717) is 18.6 Å². The van der Waals surface area contributed by atoms with Crippen LogP contribution in [0.2, 0.25) is 0 Å². The van der Waals surface area contributed by atoms with E-state index in [-0.39, 0.29) is 6.03 Å². The quantitative estimate of drug-likeness (QED) is 0.873. The zero-order valence-electron chi connectivity index (χ0n) is 11.7. The Kier molecular flexibility index (Phi) is 4.80. The van der Waals surface area contributed by atoms with Gasteiger partial charge in [-0.3, -0.25) is 0 Å². The van der Waals surface area contributed by atoms with E-state index in [1.54, 1.807) is 0 Å². The molecule has 2 atom stereocenters. The zero-order chi connectivity index (χ0) is 13.7.